The van der Waals surface area contributed by atoms with Gasteiger partial charge < -0.3 is 10.6 Å². The molecule has 0 radical (unpaired) electrons. The van der Waals surface area contributed by atoms with Crippen LogP contribution in [0.15, 0.2) is 18.2 Å². The van der Waals surface area contributed by atoms with E-state index in [2.05, 4.69) is 23.6 Å². The molecule has 3 nitrogen and oxygen atoms in total. The third-order valence-electron chi connectivity index (χ3n) is 3.40. The Balaban J connectivity index is 0.00000162. The lowest BCUT2D eigenvalue weighted by atomic mass is 9.88. The molecule has 1 amide bonds. The molecule has 1 heterocycles. The Morgan fingerprint density at radius 3 is 2.56 bits per heavy atom. The van der Waals surface area contributed by atoms with Crippen LogP contribution in [0, 0.1) is 6.92 Å². The average molecular weight is 269 g/mol. The maximum absolute atomic E-state index is 11.7. The first-order valence-electron chi connectivity index (χ1n) is 6.25. The highest BCUT2D eigenvalue weighted by Gasteiger charge is 2.16. The summed E-state index contributed by atoms with van der Waals surface area (Å²) in [5, 5.41) is 6.06. The van der Waals surface area contributed by atoms with Crippen LogP contribution in [0.4, 0.5) is 0 Å². The summed E-state index contributed by atoms with van der Waals surface area (Å²) in [6.07, 6.45) is 2.33. The SMILES string of the molecule is CNC(=O)c1cc(C)cc(C2CCNCC2)c1.Cl. The summed E-state index contributed by atoms with van der Waals surface area (Å²) in [7, 11) is 1.68. The predicted molar refractivity (Wildman–Crippen MR) is 76.7 cm³/mol. The zero-order valence-corrected chi connectivity index (χ0v) is 11.8. The Hall–Kier alpha value is -1.06. The van der Waals surface area contributed by atoms with Gasteiger partial charge in [0.1, 0.15) is 0 Å². The van der Waals surface area contributed by atoms with Gasteiger partial charge in [0, 0.05) is 12.6 Å². The molecule has 1 aromatic carbocycles. The van der Waals surface area contributed by atoms with Gasteiger partial charge in [0.15, 0.2) is 0 Å². The molecule has 0 aliphatic carbocycles. The maximum Gasteiger partial charge on any atom is 0.251 e. The van der Waals surface area contributed by atoms with E-state index in [1.807, 2.05) is 12.1 Å². The Labute approximate surface area is 115 Å². The second-order valence-electron chi connectivity index (χ2n) is 4.74. The minimum Gasteiger partial charge on any atom is -0.355 e. The first kappa shape index (κ1) is 15.0. The van der Waals surface area contributed by atoms with Crippen LogP contribution >= 0.6 is 12.4 Å². The van der Waals surface area contributed by atoms with E-state index in [-0.39, 0.29) is 18.3 Å². The van der Waals surface area contributed by atoms with Crippen molar-refractivity contribution in [1.82, 2.24) is 10.6 Å². The van der Waals surface area contributed by atoms with E-state index in [9.17, 15) is 4.79 Å². The van der Waals surface area contributed by atoms with Crippen molar-refractivity contribution in [3.63, 3.8) is 0 Å². The number of carbonyl (C=O) groups excluding carboxylic acids is 1. The van der Waals surface area contributed by atoms with Crippen molar-refractivity contribution in [3.05, 3.63) is 34.9 Å². The van der Waals surface area contributed by atoms with Crippen molar-refractivity contribution in [1.29, 1.82) is 0 Å². The molecule has 1 saturated heterocycles. The van der Waals surface area contributed by atoms with Crippen LogP contribution in [0.3, 0.4) is 0 Å². The molecule has 2 N–H and O–H groups in total. The fourth-order valence-electron chi connectivity index (χ4n) is 2.48. The fraction of sp³-hybridized carbons (Fsp3) is 0.500. The predicted octanol–water partition coefficient (Wildman–Crippen LogP) is 2.24. The van der Waals surface area contributed by atoms with E-state index in [0.29, 0.717) is 5.92 Å². The van der Waals surface area contributed by atoms with Crippen LogP contribution < -0.4 is 10.6 Å². The molecule has 1 aromatic rings. The van der Waals surface area contributed by atoms with Crippen molar-refractivity contribution in [2.75, 3.05) is 20.1 Å². The molecule has 2 rings (SSSR count). The van der Waals surface area contributed by atoms with Crippen LogP contribution in [0.2, 0.25) is 0 Å². The highest BCUT2D eigenvalue weighted by molar-refractivity contribution is 5.94. The molecular formula is C14H21ClN2O. The molecule has 0 aromatic heterocycles. The van der Waals surface area contributed by atoms with Crippen molar-refractivity contribution < 1.29 is 4.79 Å². The molecule has 0 atom stereocenters. The van der Waals surface area contributed by atoms with Crippen molar-refractivity contribution in [2.24, 2.45) is 0 Å². The van der Waals surface area contributed by atoms with Gasteiger partial charge in [-0.2, -0.15) is 0 Å². The Morgan fingerprint density at radius 2 is 1.94 bits per heavy atom. The number of hydrogen-bond donors (Lipinski definition) is 2. The topological polar surface area (TPSA) is 41.1 Å². The first-order valence-corrected chi connectivity index (χ1v) is 6.25. The number of halogens is 1. The second-order valence-corrected chi connectivity index (χ2v) is 4.74. The molecule has 1 aliphatic rings. The fourth-order valence-corrected chi connectivity index (χ4v) is 2.48. The van der Waals surface area contributed by atoms with Gasteiger partial charge in [0.25, 0.3) is 5.91 Å². The minimum atomic E-state index is 0. The number of nitrogens with one attached hydrogen (secondary N) is 2. The molecule has 0 saturated carbocycles. The van der Waals surface area contributed by atoms with E-state index >= 15 is 0 Å². The summed E-state index contributed by atoms with van der Waals surface area (Å²) >= 11 is 0. The number of rotatable bonds is 2. The lowest BCUT2D eigenvalue weighted by Gasteiger charge is -2.23. The smallest absolute Gasteiger partial charge is 0.251 e. The third-order valence-corrected chi connectivity index (χ3v) is 3.40. The molecule has 0 unspecified atom stereocenters. The molecule has 18 heavy (non-hydrogen) atoms. The Kier molecular flexibility index (Phi) is 5.63. The minimum absolute atomic E-state index is 0. The third kappa shape index (κ3) is 3.47. The monoisotopic (exact) mass is 268 g/mol. The van der Waals surface area contributed by atoms with E-state index in [1.165, 1.54) is 11.1 Å². The molecule has 0 spiro atoms. The van der Waals surface area contributed by atoms with Gasteiger partial charge >= 0.3 is 0 Å². The van der Waals surface area contributed by atoms with Crippen molar-refractivity contribution in [2.45, 2.75) is 25.7 Å². The summed E-state index contributed by atoms with van der Waals surface area (Å²) < 4.78 is 0. The lowest BCUT2D eigenvalue weighted by Crippen LogP contribution is -2.27. The molecular weight excluding hydrogens is 248 g/mol. The zero-order valence-electron chi connectivity index (χ0n) is 11.0. The van der Waals surface area contributed by atoms with Crippen LogP contribution in [-0.2, 0) is 0 Å². The number of amides is 1. The standard InChI is InChI=1S/C14H20N2O.ClH/c1-10-7-12(11-3-5-16-6-4-11)9-13(8-10)14(17)15-2;/h7-9,11,16H,3-6H2,1-2H3,(H,15,17);1H. The van der Waals surface area contributed by atoms with Gasteiger partial charge in [-0.15, -0.1) is 12.4 Å². The Morgan fingerprint density at radius 1 is 1.28 bits per heavy atom. The summed E-state index contributed by atoms with van der Waals surface area (Å²) in [4.78, 5) is 11.7. The molecule has 100 valence electrons. The summed E-state index contributed by atoms with van der Waals surface area (Å²) in [5.74, 6) is 0.600. The molecule has 0 bridgehead atoms. The van der Waals surface area contributed by atoms with E-state index in [1.54, 1.807) is 7.05 Å². The van der Waals surface area contributed by atoms with Crippen molar-refractivity contribution in [3.8, 4) is 0 Å². The van der Waals surface area contributed by atoms with Gasteiger partial charge in [-0.1, -0.05) is 11.6 Å². The van der Waals surface area contributed by atoms with Gasteiger partial charge in [-0.05, 0) is 56.5 Å². The lowest BCUT2D eigenvalue weighted by molar-refractivity contribution is 0.0963. The van der Waals surface area contributed by atoms with Crippen LogP contribution in [0.25, 0.3) is 0 Å². The highest BCUT2D eigenvalue weighted by Crippen LogP contribution is 2.26. The number of hydrogen-bond acceptors (Lipinski definition) is 2. The molecule has 1 aliphatic heterocycles. The summed E-state index contributed by atoms with van der Waals surface area (Å²) in [5.41, 5.74) is 3.26. The number of benzene rings is 1. The average Bonchev–Trinajstić information content (AvgIpc) is 2.38. The Bertz CT molecular complexity index is 414. The van der Waals surface area contributed by atoms with Gasteiger partial charge in [0.05, 0.1) is 0 Å². The summed E-state index contributed by atoms with van der Waals surface area (Å²) in [6.45, 7) is 4.21. The van der Waals surface area contributed by atoms with Crippen molar-refractivity contribution >= 4 is 18.3 Å². The maximum atomic E-state index is 11.7. The van der Waals surface area contributed by atoms with Gasteiger partial charge in [-0.3, -0.25) is 4.79 Å². The zero-order chi connectivity index (χ0) is 12.3. The first-order chi connectivity index (χ1) is 8.20. The quantitative estimate of drug-likeness (QED) is 0.864. The number of piperidine rings is 1. The van der Waals surface area contributed by atoms with Crippen LogP contribution in [-0.4, -0.2) is 26.0 Å². The van der Waals surface area contributed by atoms with Gasteiger partial charge in [0.2, 0.25) is 0 Å². The highest BCUT2D eigenvalue weighted by atomic mass is 35.5. The van der Waals surface area contributed by atoms with E-state index < -0.39 is 0 Å². The largest absolute Gasteiger partial charge is 0.355 e. The molecule has 1 fully saturated rings. The van der Waals surface area contributed by atoms with E-state index in [0.717, 1.165) is 31.5 Å². The number of carbonyl (C=O) groups is 1. The number of aryl methyl sites for hydroxylation is 1. The molecule has 4 heteroatoms. The normalized spacial score (nSPS) is 15.9. The van der Waals surface area contributed by atoms with E-state index in [4.69, 9.17) is 0 Å². The van der Waals surface area contributed by atoms with Crippen LogP contribution in [0.1, 0.15) is 40.2 Å². The second kappa shape index (κ2) is 6.76. The summed E-state index contributed by atoms with van der Waals surface area (Å²) in [6, 6.07) is 6.20. The van der Waals surface area contributed by atoms with Crippen LogP contribution in [0.5, 0.6) is 0 Å². The van der Waals surface area contributed by atoms with Gasteiger partial charge in [-0.25, -0.2) is 0 Å².